The lowest BCUT2D eigenvalue weighted by molar-refractivity contribution is 0.267. The number of ether oxygens (including phenoxy) is 1. The van der Waals surface area contributed by atoms with Crippen molar-refractivity contribution in [1.29, 1.82) is 5.26 Å². The molecule has 2 rings (SSSR count). The molecule has 0 bridgehead atoms. The number of hydrogen-bond acceptors (Lipinski definition) is 4. The van der Waals surface area contributed by atoms with E-state index in [1.165, 1.54) is 6.07 Å². The lowest BCUT2D eigenvalue weighted by Gasteiger charge is -2.18. The van der Waals surface area contributed by atoms with Crippen LogP contribution in [0.1, 0.15) is 37.7 Å². The zero-order valence-corrected chi connectivity index (χ0v) is 14.3. The highest BCUT2D eigenvalue weighted by atomic mass is 16.5. The molecule has 0 spiro atoms. The monoisotopic (exact) mass is 324 g/mol. The van der Waals surface area contributed by atoms with Gasteiger partial charge in [-0.1, -0.05) is 20.8 Å². The molecule has 0 unspecified atom stereocenters. The lowest BCUT2D eigenvalue weighted by Crippen LogP contribution is -2.14. The first-order valence-electron chi connectivity index (χ1n) is 7.59. The van der Waals surface area contributed by atoms with E-state index in [-0.39, 0.29) is 12.0 Å². The van der Waals surface area contributed by atoms with Crippen molar-refractivity contribution >= 4 is 5.69 Å². The molecule has 0 aliphatic rings. The number of aromatic nitrogens is 2. The minimum Gasteiger partial charge on any atom is -0.455 e. The zero-order chi connectivity index (χ0) is 17.9. The van der Waals surface area contributed by atoms with Crippen molar-refractivity contribution in [2.75, 3.05) is 6.61 Å². The van der Waals surface area contributed by atoms with Gasteiger partial charge < -0.3 is 9.84 Å². The summed E-state index contributed by atoms with van der Waals surface area (Å²) in [6.45, 7) is 15.5. The van der Waals surface area contributed by atoms with Gasteiger partial charge in [0.05, 0.1) is 31.5 Å². The number of benzene rings is 1. The largest absolute Gasteiger partial charge is 0.455 e. The molecule has 1 aromatic carbocycles. The highest BCUT2D eigenvalue weighted by Crippen LogP contribution is 2.37. The third-order valence-corrected chi connectivity index (χ3v) is 3.54. The minimum atomic E-state index is -0.254. The Morgan fingerprint density at radius 2 is 2.08 bits per heavy atom. The normalized spacial score (nSPS) is 11.0. The molecular weight excluding hydrogens is 304 g/mol. The molecule has 1 N–H and O–H groups in total. The molecule has 6 heteroatoms. The second kappa shape index (κ2) is 6.74. The first-order chi connectivity index (χ1) is 11.3. The van der Waals surface area contributed by atoms with Crippen LogP contribution in [-0.2, 0) is 12.0 Å². The van der Waals surface area contributed by atoms with E-state index in [1.807, 2.05) is 33.8 Å². The second-order valence-corrected chi connectivity index (χ2v) is 6.50. The smallest absolute Gasteiger partial charge is 0.192 e. The molecule has 0 saturated heterocycles. The lowest BCUT2D eigenvalue weighted by atomic mass is 9.91. The molecule has 0 aliphatic heterocycles. The van der Waals surface area contributed by atoms with E-state index in [0.717, 1.165) is 11.4 Å². The molecule has 124 valence electrons. The van der Waals surface area contributed by atoms with Crippen LogP contribution < -0.4 is 4.74 Å². The van der Waals surface area contributed by atoms with E-state index < -0.39 is 0 Å². The van der Waals surface area contributed by atoms with E-state index in [0.29, 0.717) is 29.3 Å². The number of nitrogens with zero attached hydrogens (tertiary/aromatic N) is 4. The zero-order valence-electron chi connectivity index (χ0n) is 14.3. The minimum absolute atomic E-state index is 0.0165. The number of aliphatic hydroxyl groups is 1. The van der Waals surface area contributed by atoms with Crippen molar-refractivity contribution in [3.8, 4) is 17.6 Å². The van der Waals surface area contributed by atoms with E-state index >= 15 is 0 Å². The van der Waals surface area contributed by atoms with Gasteiger partial charge in [0.15, 0.2) is 11.4 Å². The Hall–Kier alpha value is -2.83. The summed E-state index contributed by atoms with van der Waals surface area (Å²) in [5.74, 6) is 1.03. The fourth-order valence-corrected chi connectivity index (χ4v) is 2.34. The fourth-order valence-electron chi connectivity index (χ4n) is 2.34. The fraction of sp³-hybridized carbons (Fsp3) is 0.389. The maximum Gasteiger partial charge on any atom is 0.192 e. The van der Waals surface area contributed by atoms with Gasteiger partial charge in [-0.25, -0.2) is 4.85 Å². The van der Waals surface area contributed by atoms with Gasteiger partial charge in [0.2, 0.25) is 0 Å². The van der Waals surface area contributed by atoms with Crippen LogP contribution in [0.5, 0.6) is 11.5 Å². The van der Waals surface area contributed by atoms with Crippen LogP contribution in [0, 0.1) is 24.8 Å². The summed E-state index contributed by atoms with van der Waals surface area (Å²) in [5.41, 5.74) is 2.02. The molecule has 0 fully saturated rings. The number of hydrogen-bond donors (Lipinski definition) is 1. The van der Waals surface area contributed by atoms with Crippen molar-refractivity contribution in [3.05, 3.63) is 46.6 Å². The molecule has 0 atom stereocenters. The van der Waals surface area contributed by atoms with E-state index in [1.54, 1.807) is 16.8 Å². The molecule has 1 heterocycles. The first-order valence-corrected chi connectivity index (χ1v) is 7.59. The summed E-state index contributed by atoms with van der Waals surface area (Å²) < 4.78 is 7.73. The predicted molar refractivity (Wildman–Crippen MR) is 90.2 cm³/mol. The average molecular weight is 324 g/mol. The Balaban J connectivity index is 2.54. The predicted octanol–water partition coefficient (Wildman–Crippen LogP) is 3.70. The quantitative estimate of drug-likeness (QED) is 0.870. The molecule has 1 aromatic heterocycles. The Morgan fingerprint density at radius 3 is 2.62 bits per heavy atom. The number of rotatable bonds is 4. The molecule has 6 nitrogen and oxygen atoms in total. The van der Waals surface area contributed by atoms with Gasteiger partial charge in [-0.3, -0.25) is 4.68 Å². The van der Waals surface area contributed by atoms with Gasteiger partial charge >= 0.3 is 0 Å². The van der Waals surface area contributed by atoms with Gasteiger partial charge in [-0.2, -0.15) is 10.4 Å². The first kappa shape index (κ1) is 17.5. The standard InChI is InChI=1S/C18H20N4O2/c1-12-16(17(18(2,3)4)21-22(12)6-7-23)24-15-9-13(11-19)8-14(10-15)20-5/h8-10,23H,6-7H2,1-4H3. The summed E-state index contributed by atoms with van der Waals surface area (Å²) in [6, 6.07) is 6.76. The third kappa shape index (κ3) is 3.56. The van der Waals surface area contributed by atoms with E-state index in [2.05, 4.69) is 9.94 Å². The maximum atomic E-state index is 9.20. The van der Waals surface area contributed by atoms with Crippen LogP contribution in [0.25, 0.3) is 4.85 Å². The van der Waals surface area contributed by atoms with Gasteiger partial charge in [-0.15, -0.1) is 0 Å². The van der Waals surface area contributed by atoms with Crippen LogP contribution in [-0.4, -0.2) is 21.5 Å². The van der Waals surface area contributed by atoms with Gasteiger partial charge in [0, 0.05) is 11.0 Å². The molecule has 24 heavy (non-hydrogen) atoms. The van der Waals surface area contributed by atoms with Crippen molar-refractivity contribution < 1.29 is 9.84 Å². The molecule has 0 saturated carbocycles. The highest BCUT2D eigenvalue weighted by molar-refractivity contribution is 5.56. The average Bonchev–Trinajstić information content (AvgIpc) is 2.84. The van der Waals surface area contributed by atoms with Crippen molar-refractivity contribution in [2.24, 2.45) is 0 Å². The van der Waals surface area contributed by atoms with Crippen LogP contribution in [0.3, 0.4) is 0 Å². The number of aliphatic hydroxyl groups excluding tert-OH is 1. The molecule has 0 radical (unpaired) electrons. The maximum absolute atomic E-state index is 9.20. The molecule has 0 amide bonds. The Kier molecular flexibility index (Phi) is 4.92. The Morgan fingerprint density at radius 1 is 1.38 bits per heavy atom. The molecular formula is C18H20N4O2. The van der Waals surface area contributed by atoms with Crippen molar-refractivity contribution in [3.63, 3.8) is 0 Å². The summed E-state index contributed by atoms with van der Waals surface area (Å²) in [6.07, 6.45) is 0. The van der Waals surface area contributed by atoms with Crippen LogP contribution in [0.2, 0.25) is 0 Å². The topological polar surface area (TPSA) is 75.4 Å². The summed E-state index contributed by atoms with van der Waals surface area (Å²) in [4.78, 5) is 3.37. The highest BCUT2D eigenvalue weighted by Gasteiger charge is 2.27. The van der Waals surface area contributed by atoms with E-state index in [4.69, 9.17) is 16.6 Å². The van der Waals surface area contributed by atoms with Gasteiger partial charge in [-0.05, 0) is 25.1 Å². The van der Waals surface area contributed by atoms with Crippen LogP contribution in [0.15, 0.2) is 18.2 Å². The Bertz CT molecular complexity index is 800. The van der Waals surface area contributed by atoms with Crippen molar-refractivity contribution in [2.45, 2.75) is 39.7 Å². The van der Waals surface area contributed by atoms with Crippen molar-refractivity contribution in [1.82, 2.24) is 9.78 Å². The SMILES string of the molecule is [C-]#[N+]c1cc(C#N)cc(Oc2c(C(C)(C)C)nn(CCO)c2C)c1. The summed E-state index contributed by atoms with van der Waals surface area (Å²) in [5, 5.41) is 22.9. The summed E-state index contributed by atoms with van der Waals surface area (Å²) >= 11 is 0. The van der Waals surface area contributed by atoms with Gasteiger partial charge in [0.1, 0.15) is 11.4 Å². The number of nitriles is 1. The van der Waals surface area contributed by atoms with Crippen LogP contribution in [0.4, 0.5) is 5.69 Å². The van der Waals surface area contributed by atoms with Gasteiger partial charge in [0.25, 0.3) is 0 Å². The Labute approximate surface area is 141 Å². The second-order valence-electron chi connectivity index (χ2n) is 6.50. The third-order valence-electron chi connectivity index (χ3n) is 3.54. The molecule has 0 aliphatic carbocycles. The van der Waals surface area contributed by atoms with E-state index in [9.17, 15) is 5.11 Å². The molecule has 2 aromatic rings. The summed E-state index contributed by atoms with van der Waals surface area (Å²) in [7, 11) is 0. The van der Waals surface area contributed by atoms with Crippen LogP contribution >= 0.6 is 0 Å².